The van der Waals surface area contributed by atoms with Crippen LogP contribution in [0, 0.1) is 0 Å². The SMILES string of the molecule is CC[C@@H]1Oc2ccc([C@H](O)c3ccco3)cc2N(CC(=O)N2CCCCC2)C1=O. The lowest BCUT2D eigenvalue weighted by Crippen LogP contribution is -2.51. The molecular weight excluding hydrogens is 372 g/mol. The third-order valence-corrected chi connectivity index (χ3v) is 5.59. The van der Waals surface area contributed by atoms with Gasteiger partial charge in [-0.25, -0.2) is 0 Å². The second-order valence-corrected chi connectivity index (χ2v) is 7.53. The zero-order valence-corrected chi connectivity index (χ0v) is 16.5. The average Bonchev–Trinajstić information content (AvgIpc) is 3.30. The number of hydrogen-bond donors (Lipinski definition) is 1. The van der Waals surface area contributed by atoms with Gasteiger partial charge < -0.3 is 19.2 Å². The highest BCUT2D eigenvalue weighted by molar-refractivity contribution is 6.04. The topological polar surface area (TPSA) is 83.2 Å². The van der Waals surface area contributed by atoms with Crippen LogP contribution in [0.3, 0.4) is 0 Å². The molecule has 1 N–H and O–H groups in total. The highest BCUT2D eigenvalue weighted by Crippen LogP contribution is 2.38. The van der Waals surface area contributed by atoms with Crippen LogP contribution in [0.5, 0.6) is 5.75 Å². The molecule has 2 aromatic rings. The lowest BCUT2D eigenvalue weighted by atomic mass is 10.0. The van der Waals surface area contributed by atoms with E-state index < -0.39 is 12.2 Å². The number of furan rings is 1. The number of nitrogens with zero attached hydrogens (tertiary/aromatic N) is 2. The first-order valence-electron chi connectivity index (χ1n) is 10.2. The van der Waals surface area contributed by atoms with Crippen molar-refractivity contribution in [1.29, 1.82) is 0 Å². The third-order valence-electron chi connectivity index (χ3n) is 5.59. The summed E-state index contributed by atoms with van der Waals surface area (Å²) in [7, 11) is 0. The van der Waals surface area contributed by atoms with Crippen LogP contribution >= 0.6 is 0 Å². The fourth-order valence-electron chi connectivity index (χ4n) is 3.92. The van der Waals surface area contributed by atoms with Gasteiger partial charge in [-0.3, -0.25) is 14.5 Å². The monoisotopic (exact) mass is 398 g/mol. The Morgan fingerprint density at radius 3 is 2.72 bits per heavy atom. The van der Waals surface area contributed by atoms with E-state index in [0.29, 0.717) is 29.2 Å². The van der Waals surface area contributed by atoms with Crippen molar-refractivity contribution in [1.82, 2.24) is 4.90 Å². The second kappa shape index (κ2) is 8.29. The molecule has 1 fully saturated rings. The van der Waals surface area contributed by atoms with Gasteiger partial charge in [-0.15, -0.1) is 0 Å². The minimum Gasteiger partial charge on any atom is -0.478 e. The van der Waals surface area contributed by atoms with Crippen molar-refractivity contribution in [2.45, 2.75) is 44.8 Å². The molecule has 3 heterocycles. The van der Waals surface area contributed by atoms with E-state index in [2.05, 4.69) is 0 Å². The van der Waals surface area contributed by atoms with Crippen molar-refractivity contribution in [3.05, 3.63) is 47.9 Å². The van der Waals surface area contributed by atoms with Gasteiger partial charge >= 0.3 is 0 Å². The van der Waals surface area contributed by atoms with E-state index in [1.807, 2.05) is 11.8 Å². The Kier molecular flexibility index (Phi) is 5.58. The molecule has 29 heavy (non-hydrogen) atoms. The van der Waals surface area contributed by atoms with Crippen LogP contribution in [0.2, 0.25) is 0 Å². The van der Waals surface area contributed by atoms with Crippen molar-refractivity contribution in [2.75, 3.05) is 24.5 Å². The van der Waals surface area contributed by atoms with E-state index in [4.69, 9.17) is 9.15 Å². The Morgan fingerprint density at radius 2 is 2.03 bits per heavy atom. The van der Waals surface area contributed by atoms with Gasteiger partial charge in [0.05, 0.1) is 12.0 Å². The molecule has 2 aliphatic rings. The van der Waals surface area contributed by atoms with Gasteiger partial charge in [0.1, 0.15) is 24.2 Å². The van der Waals surface area contributed by atoms with Gasteiger partial charge in [-0.2, -0.15) is 0 Å². The number of benzene rings is 1. The Bertz CT molecular complexity index is 873. The van der Waals surface area contributed by atoms with E-state index >= 15 is 0 Å². The van der Waals surface area contributed by atoms with Crippen LogP contribution in [0.1, 0.15) is 50.0 Å². The average molecular weight is 398 g/mol. The van der Waals surface area contributed by atoms with Gasteiger partial charge in [-0.05, 0) is 55.5 Å². The van der Waals surface area contributed by atoms with Crippen LogP contribution in [0.15, 0.2) is 41.0 Å². The minimum absolute atomic E-state index is 0.0218. The molecule has 0 bridgehead atoms. The summed E-state index contributed by atoms with van der Waals surface area (Å²) in [5.41, 5.74) is 1.08. The van der Waals surface area contributed by atoms with Crippen molar-refractivity contribution in [2.24, 2.45) is 0 Å². The number of piperidine rings is 1. The Labute approximate surface area is 169 Å². The third kappa shape index (κ3) is 3.87. The molecule has 0 aliphatic carbocycles. The first-order valence-corrected chi connectivity index (χ1v) is 10.2. The maximum absolute atomic E-state index is 13.0. The molecule has 1 aromatic heterocycles. The molecule has 0 unspecified atom stereocenters. The molecule has 0 radical (unpaired) electrons. The number of carbonyl (C=O) groups excluding carboxylic acids is 2. The van der Waals surface area contributed by atoms with Crippen LogP contribution in [0.4, 0.5) is 5.69 Å². The molecule has 1 saturated heterocycles. The van der Waals surface area contributed by atoms with Crippen molar-refractivity contribution in [3.63, 3.8) is 0 Å². The summed E-state index contributed by atoms with van der Waals surface area (Å²) in [6.45, 7) is 3.33. The minimum atomic E-state index is -0.964. The van der Waals surface area contributed by atoms with Crippen LogP contribution < -0.4 is 9.64 Å². The van der Waals surface area contributed by atoms with E-state index in [-0.39, 0.29) is 18.4 Å². The van der Waals surface area contributed by atoms with Crippen LogP contribution in [0.25, 0.3) is 0 Å². The molecule has 7 nitrogen and oxygen atoms in total. The summed E-state index contributed by atoms with van der Waals surface area (Å²) in [5.74, 6) is 0.668. The maximum atomic E-state index is 13.0. The number of aliphatic hydroxyl groups is 1. The normalized spacial score (nSPS) is 20.2. The number of likely N-dealkylation sites (tertiary alicyclic amines) is 1. The molecule has 0 saturated carbocycles. The summed E-state index contributed by atoms with van der Waals surface area (Å²) in [5, 5.41) is 10.6. The van der Waals surface area contributed by atoms with Crippen LogP contribution in [-0.4, -0.2) is 47.6 Å². The molecule has 2 aliphatic heterocycles. The number of ether oxygens (including phenoxy) is 1. The van der Waals surface area contributed by atoms with Gasteiger partial charge in [0.25, 0.3) is 5.91 Å². The lowest BCUT2D eigenvalue weighted by Gasteiger charge is -2.36. The zero-order valence-electron chi connectivity index (χ0n) is 16.5. The maximum Gasteiger partial charge on any atom is 0.268 e. The predicted octanol–water partition coefficient (Wildman–Crippen LogP) is 2.88. The number of aliphatic hydroxyl groups excluding tert-OH is 1. The van der Waals surface area contributed by atoms with E-state index in [1.54, 1.807) is 30.3 Å². The van der Waals surface area contributed by atoms with Gasteiger partial charge in [0.2, 0.25) is 5.91 Å². The molecule has 2 amide bonds. The summed E-state index contributed by atoms with van der Waals surface area (Å²) in [4.78, 5) is 29.2. The smallest absolute Gasteiger partial charge is 0.268 e. The Balaban J connectivity index is 1.64. The van der Waals surface area contributed by atoms with Gasteiger partial charge in [0.15, 0.2) is 6.10 Å². The van der Waals surface area contributed by atoms with E-state index in [1.165, 1.54) is 11.2 Å². The first kappa shape index (κ1) is 19.5. The van der Waals surface area contributed by atoms with Crippen molar-refractivity contribution < 1.29 is 23.8 Å². The molecule has 0 spiro atoms. The summed E-state index contributed by atoms with van der Waals surface area (Å²) >= 11 is 0. The molecule has 2 atom stereocenters. The fourth-order valence-corrected chi connectivity index (χ4v) is 3.92. The Hall–Kier alpha value is -2.80. The predicted molar refractivity (Wildman–Crippen MR) is 107 cm³/mol. The number of hydrogen-bond acceptors (Lipinski definition) is 5. The molecule has 154 valence electrons. The number of amides is 2. The van der Waals surface area contributed by atoms with E-state index in [0.717, 1.165) is 32.4 Å². The number of rotatable bonds is 5. The van der Waals surface area contributed by atoms with E-state index in [9.17, 15) is 14.7 Å². The standard InChI is InChI=1S/C22H26N2O5/c1-2-17-22(27)24(14-20(25)23-10-4-3-5-11-23)16-13-15(8-9-18(16)29-17)21(26)19-7-6-12-28-19/h6-9,12-13,17,21,26H,2-5,10-11,14H2,1H3/t17-,21-/m0/s1. The Morgan fingerprint density at radius 1 is 1.24 bits per heavy atom. The summed E-state index contributed by atoms with van der Waals surface area (Å²) < 4.78 is 11.2. The lowest BCUT2D eigenvalue weighted by molar-refractivity contribution is -0.134. The number of carbonyl (C=O) groups is 2. The quantitative estimate of drug-likeness (QED) is 0.837. The number of fused-ring (bicyclic) bond motifs is 1. The van der Waals surface area contributed by atoms with Crippen molar-refractivity contribution >= 4 is 17.5 Å². The number of anilines is 1. The molecule has 7 heteroatoms. The molecular formula is C22H26N2O5. The fraction of sp³-hybridized carbons (Fsp3) is 0.455. The van der Waals surface area contributed by atoms with Gasteiger partial charge in [0, 0.05) is 13.1 Å². The molecule has 1 aromatic carbocycles. The van der Waals surface area contributed by atoms with Gasteiger partial charge in [-0.1, -0.05) is 13.0 Å². The molecule has 4 rings (SSSR count). The zero-order chi connectivity index (χ0) is 20.4. The summed E-state index contributed by atoms with van der Waals surface area (Å²) in [6, 6.07) is 8.59. The van der Waals surface area contributed by atoms with Crippen LogP contribution in [-0.2, 0) is 9.59 Å². The highest BCUT2D eigenvalue weighted by atomic mass is 16.5. The largest absolute Gasteiger partial charge is 0.478 e. The first-order chi connectivity index (χ1) is 14.1. The second-order valence-electron chi connectivity index (χ2n) is 7.53. The van der Waals surface area contributed by atoms with Crippen molar-refractivity contribution in [3.8, 4) is 5.75 Å². The highest BCUT2D eigenvalue weighted by Gasteiger charge is 2.36. The summed E-state index contributed by atoms with van der Waals surface area (Å²) in [6.07, 6.45) is 3.57.